The maximum atomic E-state index is 12.1. The fraction of sp³-hybridized carbons (Fsp3) is 0.477. The van der Waals surface area contributed by atoms with Gasteiger partial charge < -0.3 is 15.5 Å². The van der Waals surface area contributed by atoms with E-state index < -0.39 is 31.1 Å². The van der Waals surface area contributed by atoms with Gasteiger partial charge in [-0.25, -0.2) is 0 Å². The first kappa shape index (κ1) is 46.0. The summed E-state index contributed by atoms with van der Waals surface area (Å²) in [6.45, 7) is 9.44. The second-order valence-corrected chi connectivity index (χ2v) is 19.7. The lowest BCUT2D eigenvalue weighted by Gasteiger charge is -2.27. The molecule has 320 valence electrons. The Morgan fingerprint density at radius 3 is 1.98 bits per heavy atom. The fourth-order valence-corrected chi connectivity index (χ4v) is 9.72. The van der Waals surface area contributed by atoms with E-state index in [1.807, 2.05) is 39.8 Å². The Morgan fingerprint density at radius 1 is 0.780 bits per heavy atom. The Morgan fingerprint density at radius 2 is 1.37 bits per heavy atom. The number of nitrogens with zero attached hydrogens (tertiary/aromatic N) is 2. The lowest BCUT2D eigenvalue weighted by molar-refractivity contribution is -0.438. The first-order valence-electron chi connectivity index (χ1n) is 20.3. The largest absolute Gasteiger partial charge is 0.359 e. The number of fused-ring (bicyclic) bond motifs is 2. The highest BCUT2D eigenvalue weighted by Gasteiger charge is 2.45. The minimum atomic E-state index is -4.41. The highest BCUT2D eigenvalue weighted by atomic mass is 35.5. The number of rotatable bonds is 17. The van der Waals surface area contributed by atoms with Crippen LogP contribution in [0, 0.1) is 0 Å². The van der Waals surface area contributed by atoms with Crippen molar-refractivity contribution in [2.45, 2.75) is 119 Å². The van der Waals surface area contributed by atoms with Gasteiger partial charge >= 0.3 is 0 Å². The molecular formula is C44H58ClN4O8S2+. The van der Waals surface area contributed by atoms with Crippen LogP contribution in [0.3, 0.4) is 0 Å². The van der Waals surface area contributed by atoms with Gasteiger partial charge in [-0.1, -0.05) is 44.0 Å². The van der Waals surface area contributed by atoms with E-state index in [0.717, 1.165) is 103 Å². The molecule has 0 saturated heterocycles. The van der Waals surface area contributed by atoms with Crippen LogP contribution in [0.5, 0.6) is 0 Å². The predicted molar refractivity (Wildman–Crippen MR) is 233 cm³/mol. The SMILES string of the molecule is CNC(=O)CCCCCN1/C(=C\C=C2/CCCC(/C=C/C3=[N+](CCCCCC(=O)NC)c4ccc(S(=O)(=O)O)cc4C3(C)C)=C2Cl)C(C)(C)c2cc(S(=O)(=O)O)ccc21. The van der Waals surface area contributed by atoms with Crippen molar-refractivity contribution in [1.29, 1.82) is 0 Å². The second-order valence-electron chi connectivity index (χ2n) is 16.5. The number of hydrogen-bond acceptors (Lipinski definition) is 7. The molecule has 0 aromatic heterocycles. The van der Waals surface area contributed by atoms with Crippen LogP contribution in [0.15, 0.2) is 92.4 Å². The van der Waals surface area contributed by atoms with Gasteiger partial charge in [-0.2, -0.15) is 21.4 Å². The van der Waals surface area contributed by atoms with Crippen molar-refractivity contribution in [3.63, 3.8) is 0 Å². The first-order chi connectivity index (χ1) is 27.7. The van der Waals surface area contributed by atoms with Gasteiger partial charge in [0.25, 0.3) is 20.2 Å². The number of carbonyl (C=O) groups is 2. The summed E-state index contributed by atoms with van der Waals surface area (Å²) in [6, 6.07) is 9.43. The van der Waals surface area contributed by atoms with Gasteiger partial charge in [0.1, 0.15) is 6.54 Å². The minimum Gasteiger partial charge on any atom is -0.359 e. The molecule has 0 saturated carbocycles. The molecule has 0 unspecified atom stereocenters. The molecule has 0 fully saturated rings. The van der Waals surface area contributed by atoms with Crippen molar-refractivity contribution < 1.29 is 40.1 Å². The molecule has 0 spiro atoms. The van der Waals surface area contributed by atoms with Gasteiger partial charge in [0.2, 0.25) is 17.5 Å². The Balaban J connectivity index is 1.48. The maximum Gasteiger partial charge on any atom is 0.294 e. The molecule has 12 nitrogen and oxygen atoms in total. The highest BCUT2D eigenvalue weighted by molar-refractivity contribution is 7.86. The van der Waals surface area contributed by atoms with Crippen LogP contribution in [-0.2, 0) is 40.7 Å². The van der Waals surface area contributed by atoms with Crippen LogP contribution in [0.25, 0.3) is 0 Å². The third-order valence-corrected chi connectivity index (χ3v) is 14.0. The number of unbranched alkanes of at least 4 members (excludes halogenated alkanes) is 4. The molecular weight excluding hydrogens is 812 g/mol. The number of benzene rings is 2. The predicted octanol–water partition coefficient (Wildman–Crippen LogP) is 8.01. The smallest absolute Gasteiger partial charge is 0.294 e. The summed E-state index contributed by atoms with van der Waals surface area (Å²) in [5.41, 5.74) is 5.93. The van der Waals surface area contributed by atoms with Crippen LogP contribution in [-0.4, -0.2) is 75.2 Å². The maximum absolute atomic E-state index is 12.1. The number of allylic oxidation sites excluding steroid dienone is 8. The second kappa shape index (κ2) is 18.7. The fourth-order valence-electron chi connectivity index (χ4n) is 8.39. The van der Waals surface area contributed by atoms with Crippen molar-refractivity contribution in [3.8, 4) is 0 Å². The number of halogens is 1. The van der Waals surface area contributed by atoms with Gasteiger partial charge in [0.15, 0.2) is 5.71 Å². The van der Waals surface area contributed by atoms with Crippen LogP contribution >= 0.6 is 11.6 Å². The van der Waals surface area contributed by atoms with E-state index in [4.69, 9.17) is 11.6 Å². The van der Waals surface area contributed by atoms with Crippen LogP contribution < -0.4 is 15.5 Å². The van der Waals surface area contributed by atoms with E-state index in [1.165, 1.54) is 12.1 Å². The molecule has 4 N–H and O–H groups in total. The van der Waals surface area contributed by atoms with E-state index >= 15 is 0 Å². The summed E-state index contributed by atoms with van der Waals surface area (Å²) in [7, 11) is -5.58. The zero-order valence-electron chi connectivity index (χ0n) is 34.9. The van der Waals surface area contributed by atoms with E-state index in [-0.39, 0.29) is 21.6 Å². The lowest BCUT2D eigenvalue weighted by Crippen LogP contribution is -2.28. The van der Waals surface area contributed by atoms with Crippen molar-refractivity contribution in [1.82, 2.24) is 10.6 Å². The average molecular weight is 871 g/mol. The molecule has 2 aromatic carbocycles. The zero-order chi connectivity index (χ0) is 43.3. The van der Waals surface area contributed by atoms with Crippen molar-refractivity contribution in [2.24, 2.45) is 0 Å². The van der Waals surface area contributed by atoms with Gasteiger partial charge in [-0.15, -0.1) is 0 Å². The third-order valence-electron chi connectivity index (χ3n) is 11.8. The van der Waals surface area contributed by atoms with Crippen LogP contribution in [0.2, 0.25) is 0 Å². The normalized spacial score (nSPS) is 18.9. The topological polar surface area (TPSA) is 173 Å². The molecule has 5 rings (SSSR count). The highest BCUT2D eigenvalue weighted by Crippen LogP contribution is 2.49. The molecule has 15 heteroatoms. The molecule has 59 heavy (non-hydrogen) atoms. The summed E-state index contributed by atoms with van der Waals surface area (Å²) in [4.78, 5) is 25.5. The minimum absolute atomic E-state index is 0.00224. The summed E-state index contributed by atoms with van der Waals surface area (Å²) >= 11 is 7.21. The number of hydrogen-bond donors (Lipinski definition) is 4. The summed E-state index contributed by atoms with van der Waals surface area (Å²) in [6.07, 6.45) is 16.3. The summed E-state index contributed by atoms with van der Waals surface area (Å²) in [5, 5.41) is 5.97. The number of carbonyl (C=O) groups excluding carboxylic acids is 2. The number of nitrogens with one attached hydrogen (secondary N) is 2. The lowest BCUT2D eigenvalue weighted by atomic mass is 9.81. The number of anilines is 1. The number of amides is 2. The van der Waals surface area contributed by atoms with Crippen LogP contribution in [0.1, 0.15) is 109 Å². The molecule has 0 radical (unpaired) electrons. The van der Waals surface area contributed by atoms with Gasteiger partial charge in [0.05, 0.1) is 15.2 Å². The summed E-state index contributed by atoms with van der Waals surface area (Å²) in [5.74, 6) is 0.00448. The molecule has 1 aliphatic carbocycles. The van der Waals surface area contributed by atoms with Gasteiger partial charge in [-0.05, 0) is 112 Å². The quantitative estimate of drug-likeness (QED) is 0.0698. The summed E-state index contributed by atoms with van der Waals surface area (Å²) < 4.78 is 70.5. The van der Waals surface area contributed by atoms with E-state index in [1.54, 1.807) is 38.4 Å². The third kappa shape index (κ3) is 10.5. The average Bonchev–Trinajstić information content (AvgIpc) is 3.52. The molecule has 2 aromatic rings. The molecule has 2 heterocycles. The molecule has 3 aliphatic rings. The van der Waals surface area contributed by atoms with Crippen LogP contribution in [0.4, 0.5) is 11.4 Å². The Hall–Kier alpha value is -4.08. The molecule has 2 aliphatic heterocycles. The van der Waals surface area contributed by atoms with E-state index in [9.17, 15) is 35.5 Å². The first-order valence-corrected chi connectivity index (χ1v) is 23.5. The van der Waals surface area contributed by atoms with Crippen molar-refractivity contribution in [2.75, 3.05) is 32.1 Å². The molecule has 0 bridgehead atoms. The Kier molecular flexibility index (Phi) is 14.6. The van der Waals surface area contributed by atoms with E-state index in [0.29, 0.717) is 31.0 Å². The Labute approximate surface area is 354 Å². The monoisotopic (exact) mass is 869 g/mol. The molecule has 0 atom stereocenters. The van der Waals surface area contributed by atoms with Crippen molar-refractivity contribution >= 4 is 60.7 Å². The standard InChI is InChI=1S/C44H57ClN4O8S2/c1-43(2)34-28-32(58(52,53)54)20-22-36(34)48(26-11-7-9-16-40(50)46-5)38(43)24-18-30-14-13-15-31(42(30)45)19-25-39-44(3,4)35-29-33(59(55,56)57)21-23-37(35)49(39)27-12-8-10-17-41(51)47-6/h18-25,28-29H,7-17,26-27H2,1-6H3,(H3-,46,47,50,51,52,53,54,55,56,57)/p+1. The van der Waals surface area contributed by atoms with Gasteiger partial charge in [-0.3, -0.25) is 18.7 Å². The Bertz CT molecular complexity index is 2360. The van der Waals surface area contributed by atoms with Gasteiger partial charge in [0, 0.05) is 79.4 Å². The van der Waals surface area contributed by atoms with E-state index in [2.05, 4.69) is 32.3 Å². The molecule has 2 amide bonds. The zero-order valence-corrected chi connectivity index (χ0v) is 37.3. The van der Waals surface area contributed by atoms with Crippen molar-refractivity contribution in [3.05, 3.63) is 93.7 Å².